The molecule has 2 aliphatic rings. The van der Waals surface area contributed by atoms with Crippen LogP contribution in [0.2, 0.25) is 0 Å². The van der Waals surface area contributed by atoms with Crippen molar-refractivity contribution in [1.29, 1.82) is 0 Å². The molecule has 5 heterocycles. The van der Waals surface area contributed by atoms with Crippen LogP contribution in [0.4, 0.5) is 0 Å². The quantitative estimate of drug-likeness (QED) is 0.168. The monoisotopic (exact) mass is 762 g/mol. The van der Waals surface area contributed by atoms with Crippen molar-refractivity contribution in [1.82, 2.24) is 19.9 Å². The first-order valence-corrected chi connectivity index (χ1v) is 16.8. The minimum atomic E-state index is -0.145. The minimum Gasteiger partial charge on any atom is -0.657 e. The summed E-state index contributed by atoms with van der Waals surface area (Å²) < 4.78 is 0. The molecule has 0 spiro atoms. The molecule has 46 heavy (non-hydrogen) atoms. The fraction of sp³-hybridized carbons (Fsp3) is 0.436. The van der Waals surface area contributed by atoms with Crippen LogP contribution >= 0.6 is 24.8 Å². The molecule has 0 saturated heterocycles. The van der Waals surface area contributed by atoms with Crippen LogP contribution in [-0.4, -0.2) is 33.9 Å². The van der Waals surface area contributed by atoms with E-state index in [2.05, 4.69) is 91.8 Å². The Bertz CT molecular complexity index is 1930. The molecule has 4 nitrogen and oxygen atoms in total. The second-order valence-electron chi connectivity index (χ2n) is 12.0. The maximum Gasteiger partial charge on any atom is 2.00 e. The Labute approximate surface area is 304 Å². The maximum absolute atomic E-state index is 5.50. The van der Waals surface area contributed by atoms with Crippen molar-refractivity contribution >= 4 is 92.8 Å². The molecule has 242 valence electrons. The van der Waals surface area contributed by atoms with Gasteiger partial charge in [-0.15, -0.1) is 46.9 Å². The van der Waals surface area contributed by atoms with Gasteiger partial charge in [0.2, 0.25) is 0 Å². The topological polar surface area (TPSA) is 54.0 Å². The van der Waals surface area contributed by atoms with E-state index in [0.717, 1.165) is 101 Å². The predicted octanol–water partition coefficient (Wildman–Crippen LogP) is 10.3. The van der Waals surface area contributed by atoms with Gasteiger partial charge in [0, 0.05) is 5.41 Å². The molecule has 0 unspecified atom stereocenters. The molecule has 6 rings (SSSR count). The molecular weight excluding hydrogens is 714 g/mol. The van der Waals surface area contributed by atoms with Crippen molar-refractivity contribution < 1.29 is 0 Å². The molecule has 0 N–H and O–H groups in total. The number of halogens is 2. The molecule has 2 aliphatic heterocycles. The molecular formula is C39H48Cl2N4Sn. The number of benzene rings is 1. The zero-order chi connectivity index (χ0) is 30.5. The number of hydrogen-bond acceptors (Lipinski definition) is 2. The number of allylic oxidation sites excluding steroid dienone is 2. The van der Waals surface area contributed by atoms with E-state index >= 15 is 0 Å². The second kappa shape index (κ2) is 15.3. The van der Waals surface area contributed by atoms with Crippen LogP contribution in [0.15, 0.2) is 36.4 Å². The summed E-state index contributed by atoms with van der Waals surface area (Å²) >= 11 is 0. The third kappa shape index (κ3) is 5.75. The van der Waals surface area contributed by atoms with Crippen molar-refractivity contribution in [3.63, 3.8) is 0 Å². The van der Waals surface area contributed by atoms with E-state index in [-0.39, 0.29) is 54.1 Å². The SMILES string of the molecule is CCC1=C(CC)c2cc3[n-]c(cc4[n-]c(c(CC)c4CC)c4cccc5c4nc(cc1n2)C5(CC)CC)c(CC)c3CC.Cl.Cl.[Sn+2]. The Balaban J connectivity index is 0.00000192. The van der Waals surface area contributed by atoms with Crippen LogP contribution in [0.25, 0.3) is 44.1 Å². The van der Waals surface area contributed by atoms with Gasteiger partial charge in [0.15, 0.2) is 0 Å². The zero-order valence-corrected chi connectivity index (χ0v) is 33.2. The van der Waals surface area contributed by atoms with Crippen LogP contribution < -0.4 is 9.97 Å². The van der Waals surface area contributed by atoms with Gasteiger partial charge in [-0.1, -0.05) is 108 Å². The maximum atomic E-state index is 5.50. The van der Waals surface area contributed by atoms with Gasteiger partial charge in [0.25, 0.3) is 0 Å². The van der Waals surface area contributed by atoms with Crippen LogP contribution in [0.5, 0.6) is 0 Å². The molecule has 0 saturated carbocycles. The third-order valence-electron chi connectivity index (χ3n) is 10.3. The van der Waals surface area contributed by atoms with Gasteiger partial charge in [-0.25, -0.2) is 4.98 Å². The van der Waals surface area contributed by atoms with Gasteiger partial charge >= 0.3 is 23.9 Å². The van der Waals surface area contributed by atoms with Gasteiger partial charge in [-0.05, 0) is 79.5 Å². The Kier molecular flexibility index (Phi) is 12.7. The molecule has 3 aromatic heterocycles. The van der Waals surface area contributed by atoms with Crippen LogP contribution in [0.1, 0.15) is 126 Å². The molecule has 0 aliphatic carbocycles. The molecule has 7 heteroatoms. The molecule has 4 aromatic rings. The van der Waals surface area contributed by atoms with E-state index in [1.807, 2.05) is 0 Å². The predicted molar refractivity (Wildman–Crippen MR) is 203 cm³/mol. The van der Waals surface area contributed by atoms with Crippen LogP contribution in [0.3, 0.4) is 0 Å². The Hall–Kier alpha value is -2.28. The normalized spacial score (nSPS) is 13.5. The Morgan fingerprint density at radius 1 is 0.587 bits per heavy atom. The zero-order valence-electron chi connectivity index (χ0n) is 28.7. The summed E-state index contributed by atoms with van der Waals surface area (Å²) in [6.45, 7) is 18.1. The number of aromatic nitrogens is 4. The number of rotatable bonds is 8. The van der Waals surface area contributed by atoms with Crippen molar-refractivity contribution in [2.75, 3.05) is 0 Å². The minimum absolute atomic E-state index is 0. The number of fused-ring (bicyclic) bond motifs is 8. The first kappa shape index (κ1) is 38.2. The smallest absolute Gasteiger partial charge is 0.657 e. The number of aryl methyl sites for hydroxylation is 4. The van der Waals surface area contributed by atoms with E-state index in [4.69, 9.17) is 19.9 Å². The van der Waals surface area contributed by atoms with E-state index in [0.29, 0.717) is 0 Å². The Morgan fingerprint density at radius 2 is 1.11 bits per heavy atom. The fourth-order valence-electron chi connectivity index (χ4n) is 8.03. The van der Waals surface area contributed by atoms with Gasteiger partial charge in [-0.2, -0.15) is 0 Å². The first-order chi connectivity index (χ1) is 20.9. The summed E-state index contributed by atoms with van der Waals surface area (Å²) in [5.41, 5.74) is 17.8. The van der Waals surface area contributed by atoms with E-state index in [1.54, 1.807) is 0 Å². The van der Waals surface area contributed by atoms with Gasteiger partial charge in [0.05, 0.1) is 22.6 Å². The van der Waals surface area contributed by atoms with Crippen molar-refractivity contribution in [2.45, 2.75) is 112 Å². The third-order valence-corrected chi connectivity index (χ3v) is 10.3. The van der Waals surface area contributed by atoms with E-state index in [1.165, 1.54) is 39.0 Å². The summed E-state index contributed by atoms with van der Waals surface area (Å²) in [6.07, 6.45) is 7.64. The molecule has 2 radical (unpaired) electrons. The Morgan fingerprint density at radius 3 is 1.65 bits per heavy atom. The molecule has 0 fully saturated rings. The van der Waals surface area contributed by atoms with Crippen molar-refractivity contribution in [3.05, 3.63) is 81.3 Å². The van der Waals surface area contributed by atoms with Gasteiger partial charge in [-0.3, -0.25) is 4.98 Å². The standard InChI is InChI=1S/C39H46N4.2ClH.Sn/c1-9-23-24(10-2)33-21-34-27(13-5)28(14-6)37(42-34)29-18-17-19-30-38(29)43-36(39(30,15-7)16-8)22-35-26(12-4)25(11-3)32(41-35)20-31(23)40-33;;;/h17-22H,9-16H2,1-8H3;2*1H;/q-2;;;+2. The average Bonchev–Trinajstić information content (AvgIpc) is 3.74. The molecule has 8 bridgehead atoms. The largest absolute Gasteiger partial charge is 2.00 e. The molecule has 0 amide bonds. The average molecular weight is 762 g/mol. The summed E-state index contributed by atoms with van der Waals surface area (Å²) in [7, 11) is 0. The first-order valence-electron chi connectivity index (χ1n) is 16.8. The van der Waals surface area contributed by atoms with Crippen molar-refractivity contribution in [2.24, 2.45) is 0 Å². The molecule has 1 aromatic carbocycles. The van der Waals surface area contributed by atoms with Gasteiger partial charge < -0.3 is 9.97 Å². The number of nitrogens with zero attached hydrogens (tertiary/aromatic N) is 4. The summed E-state index contributed by atoms with van der Waals surface area (Å²) in [5.74, 6) is 0. The fourth-order valence-corrected chi connectivity index (χ4v) is 8.03. The van der Waals surface area contributed by atoms with Crippen molar-refractivity contribution in [3.8, 4) is 0 Å². The number of hydrogen-bond donors (Lipinski definition) is 0. The van der Waals surface area contributed by atoms with Gasteiger partial charge in [0.1, 0.15) is 0 Å². The summed E-state index contributed by atoms with van der Waals surface area (Å²) in [6, 6.07) is 13.6. The number of para-hydroxylation sites is 1. The summed E-state index contributed by atoms with van der Waals surface area (Å²) in [4.78, 5) is 21.6. The summed E-state index contributed by atoms with van der Waals surface area (Å²) in [5, 5.41) is 1.15. The molecule has 0 atom stereocenters. The van der Waals surface area contributed by atoms with E-state index in [9.17, 15) is 0 Å². The van der Waals surface area contributed by atoms with E-state index < -0.39 is 0 Å². The van der Waals surface area contributed by atoms with Crippen LogP contribution in [0, 0.1) is 0 Å². The second-order valence-corrected chi connectivity index (χ2v) is 12.0. The van der Waals surface area contributed by atoms with Crippen LogP contribution in [-0.2, 0) is 31.1 Å².